The molecule has 0 saturated heterocycles. The Morgan fingerprint density at radius 3 is 2.20 bits per heavy atom. The quantitative estimate of drug-likeness (QED) is 0.869. The van der Waals surface area contributed by atoms with Crippen LogP contribution in [0.2, 0.25) is 0 Å². The Labute approximate surface area is 119 Å². The normalized spacial score (nSPS) is 38.4. The van der Waals surface area contributed by atoms with Crippen LogP contribution in [-0.2, 0) is 11.8 Å². The van der Waals surface area contributed by atoms with E-state index in [1.54, 1.807) is 0 Å². The topological polar surface area (TPSA) is 71.8 Å². The average molecular weight is 273 g/mol. The van der Waals surface area contributed by atoms with Crippen LogP contribution in [0.5, 0.6) is 0 Å². The van der Waals surface area contributed by atoms with Gasteiger partial charge in [0.15, 0.2) is 0 Å². The molecule has 20 heavy (non-hydrogen) atoms. The molecule has 108 valence electrons. The lowest BCUT2D eigenvalue weighted by Crippen LogP contribution is -2.50. The molecule has 1 aromatic rings. The van der Waals surface area contributed by atoms with Crippen molar-refractivity contribution in [3.05, 3.63) is 21.7 Å². The molecule has 3 N–H and O–H groups in total. The van der Waals surface area contributed by atoms with Crippen LogP contribution >= 0.6 is 0 Å². The van der Waals surface area contributed by atoms with Gasteiger partial charge in [0.05, 0.1) is 5.56 Å². The van der Waals surface area contributed by atoms with Gasteiger partial charge >= 0.3 is 0 Å². The maximum absolute atomic E-state index is 12.2. The first-order chi connectivity index (χ1) is 9.59. The van der Waals surface area contributed by atoms with Crippen LogP contribution in [0.3, 0.4) is 0 Å². The number of aromatic nitrogens is 2. The van der Waals surface area contributed by atoms with Crippen molar-refractivity contribution in [1.82, 2.24) is 9.97 Å². The fourth-order valence-corrected chi connectivity index (χ4v) is 5.51. The van der Waals surface area contributed by atoms with E-state index in [4.69, 9.17) is 5.73 Å². The van der Waals surface area contributed by atoms with E-state index < -0.39 is 0 Å². The van der Waals surface area contributed by atoms with E-state index >= 15 is 0 Å². The van der Waals surface area contributed by atoms with Gasteiger partial charge in [0.1, 0.15) is 11.6 Å². The van der Waals surface area contributed by atoms with Gasteiger partial charge in [-0.15, -0.1) is 0 Å². The van der Waals surface area contributed by atoms with Crippen LogP contribution < -0.4 is 11.3 Å². The van der Waals surface area contributed by atoms with Crippen molar-refractivity contribution in [1.29, 1.82) is 0 Å². The lowest BCUT2D eigenvalue weighted by Gasteiger charge is -2.56. The zero-order valence-corrected chi connectivity index (χ0v) is 12.1. The molecule has 0 radical (unpaired) electrons. The molecule has 0 aliphatic heterocycles. The highest BCUT2D eigenvalue weighted by Crippen LogP contribution is 2.60. The smallest absolute Gasteiger partial charge is 0.256 e. The Bertz CT molecular complexity index is 569. The zero-order valence-electron chi connectivity index (χ0n) is 12.1. The molecule has 0 aromatic carbocycles. The third-order valence-corrected chi connectivity index (χ3v) is 5.94. The molecule has 4 nitrogen and oxygen atoms in total. The Kier molecular flexibility index (Phi) is 2.54. The number of hydrogen-bond acceptors (Lipinski definition) is 3. The summed E-state index contributed by atoms with van der Waals surface area (Å²) < 4.78 is 0. The number of hydrogen-bond donors (Lipinski definition) is 2. The Balaban J connectivity index is 1.79. The molecule has 1 heterocycles. The van der Waals surface area contributed by atoms with E-state index in [1.165, 1.54) is 38.5 Å². The number of H-pyrrole nitrogens is 1. The van der Waals surface area contributed by atoms with E-state index in [2.05, 4.69) is 9.97 Å². The van der Waals surface area contributed by atoms with Gasteiger partial charge in [0.25, 0.3) is 5.56 Å². The van der Waals surface area contributed by atoms with Crippen molar-refractivity contribution >= 4 is 5.82 Å². The SMILES string of the molecule is CCc1c(N)nc(C23CC4CC(CC(C4)C2)C3)[nH]c1=O. The summed E-state index contributed by atoms with van der Waals surface area (Å²) >= 11 is 0. The summed E-state index contributed by atoms with van der Waals surface area (Å²) in [6.07, 6.45) is 8.44. The molecular weight excluding hydrogens is 250 g/mol. The molecule has 4 heteroatoms. The van der Waals surface area contributed by atoms with Crippen molar-refractivity contribution in [3.8, 4) is 0 Å². The van der Waals surface area contributed by atoms with Gasteiger partial charge in [0.2, 0.25) is 0 Å². The highest BCUT2D eigenvalue weighted by Gasteiger charge is 2.53. The Morgan fingerprint density at radius 1 is 1.20 bits per heavy atom. The van der Waals surface area contributed by atoms with Gasteiger partial charge in [-0.1, -0.05) is 6.92 Å². The summed E-state index contributed by atoms with van der Waals surface area (Å²) in [5.41, 5.74) is 6.75. The largest absolute Gasteiger partial charge is 0.383 e. The van der Waals surface area contributed by atoms with E-state index in [1.807, 2.05) is 6.92 Å². The molecule has 4 aliphatic carbocycles. The predicted octanol–water partition coefficient (Wildman–Crippen LogP) is 2.38. The predicted molar refractivity (Wildman–Crippen MR) is 78.5 cm³/mol. The molecule has 4 bridgehead atoms. The number of anilines is 1. The average Bonchev–Trinajstić information content (AvgIpc) is 2.36. The molecule has 4 fully saturated rings. The zero-order chi connectivity index (χ0) is 13.9. The van der Waals surface area contributed by atoms with Crippen LogP contribution in [0.1, 0.15) is 56.8 Å². The van der Waals surface area contributed by atoms with Crippen molar-refractivity contribution in [2.45, 2.75) is 57.3 Å². The lowest BCUT2D eigenvalue weighted by molar-refractivity contribution is -0.00945. The van der Waals surface area contributed by atoms with Crippen LogP contribution in [0, 0.1) is 17.8 Å². The fourth-order valence-electron chi connectivity index (χ4n) is 5.51. The van der Waals surface area contributed by atoms with Crippen molar-refractivity contribution in [2.75, 3.05) is 5.73 Å². The second kappa shape index (κ2) is 4.09. The van der Waals surface area contributed by atoms with E-state index in [0.29, 0.717) is 17.8 Å². The number of nitrogens with zero attached hydrogens (tertiary/aromatic N) is 1. The van der Waals surface area contributed by atoms with Crippen LogP contribution in [0.25, 0.3) is 0 Å². The van der Waals surface area contributed by atoms with Gasteiger partial charge in [-0.05, 0) is 62.7 Å². The van der Waals surface area contributed by atoms with E-state index in [-0.39, 0.29) is 11.0 Å². The van der Waals surface area contributed by atoms with Gasteiger partial charge < -0.3 is 10.7 Å². The van der Waals surface area contributed by atoms with Gasteiger partial charge in [-0.2, -0.15) is 0 Å². The molecule has 4 aliphatic rings. The van der Waals surface area contributed by atoms with Crippen LogP contribution in [0.4, 0.5) is 5.82 Å². The minimum absolute atomic E-state index is 0.0225. The number of nitrogens with two attached hydrogens (primary N) is 1. The van der Waals surface area contributed by atoms with Crippen LogP contribution in [-0.4, -0.2) is 9.97 Å². The van der Waals surface area contributed by atoms with Crippen LogP contribution in [0.15, 0.2) is 4.79 Å². The number of nitrogen functional groups attached to an aromatic ring is 1. The fraction of sp³-hybridized carbons (Fsp3) is 0.750. The highest BCUT2D eigenvalue weighted by atomic mass is 16.1. The lowest BCUT2D eigenvalue weighted by atomic mass is 9.49. The first kappa shape index (κ1) is 12.4. The summed E-state index contributed by atoms with van der Waals surface area (Å²) in [4.78, 5) is 19.9. The summed E-state index contributed by atoms with van der Waals surface area (Å²) in [7, 11) is 0. The Hall–Kier alpha value is -1.32. The summed E-state index contributed by atoms with van der Waals surface area (Å²) in [6.45, 7) is 1.95. The maximum Gasteiger partial charge on any atom is 0.256 e. The van der Waals surface area contributed by atoms with E-state index in [0.717, 1.165) is 23.6 Å². The molecular formula is C16H23N3O. The second-order valence-corrected chi connectivity index (χ2v) is 7.33. The molecule has 4 saturated carbocycles. The van der Waals surface area contributed by atoms with Gasteiger partial charge in [-0.25, -0.2) is 4.98 Å². The maximum atomic E-state index is 12.2. The summed E-state index contributed by atoms with van der Waals surface area (Å²) in [5.74, 6) is 3.87. The molecule has 5 rings (SSSR count). The number of aromatic amines is 1. The minimum Gasteiger partial charge on any atom is -0.383 e. The molecule has 0 amide bonds. The summed E-state index contributed by atoms with van der Waals surface area (Å²) in [5, 5.41) is 0. The first-order valence-electron chi connectivity index (χ1n) is 7.99. The number of rotatable bonds is 2. The van der Waals surface area contributed by atoms with Gasteiger partial charge in [-0.3, -0.25) is 4.79 Å². The van der Waals surface area contributed by atoms with Crippen molar-refractivity contribution in [2.24, 2.45) is 17.8 Å². The third-order valence-electron chi connectivity index (χ3n) is 5.94. The molecule has 0 atom stereocenters. The van der Waals surface area contributed by atoms with Crippen molar-refractivity contribution in [3.63, 3.8) is 0 Å². The van der Waals surface area contributed by atoms with E-state index in [9.17, 15) is 4.79 Å². The van der Waals surface area contributed by atoms with Gasteiger partial charge in [0, 0.05) is 5.41 Å². The summed E-state index contributed by atoms with van der Waals surface area (Å²) in [6, 6.07) is 0. The third kappa shape index (κ3) is 1.66. The molecule has 1 aromatic heterocycles. The Morgan fingerprint density at radius 2 is 1.75 bits per heavy atom. The first-order valence-corrected chi connectivity index (χ1v) is 7.99. The monoisotopic (exact) mass is 273 g/mol. The minimum atomic E-state index is -0.0225. The highest BCUT2D eigenvalue weighted by molar-refractivity contribution is 5.39. The standard InChI is InChI=1S/C16H23N3O/c1-2-12-13(17)18-15(19-14(12)20)16-6-9-3-10(7-16)5-11(4-9)8-16/h9-11H,2-8H2,1H3,(H3,17,18,19,20). The number of nitrogens with one attached hydrogen (secondary N) is 1. The molecule has 0 unspecified atom stereocenters. The second-order valence-electron chi connectivity index (χ2n) is 7.33. The molecule has 0 spiro atoms. The van der Waals surface area contributed by atoms with Crippen molar-refractivity contribution < 1.29 is 0 Å².